The highest BCUT2D eigenvalue weighted by atomic mass is 32.1. The summed E-state index contributed by atoms with van der Waals surface area (Å²) < 4.78 is 45.6. The first-order valence-corrected chi connectivity index (χ1v) is 10.6. The van der Waals surface area contributed by atoms with Gasteiger partial charge in [0.05, 0.1) is 11.5 Å². The number of carbonyl (C=O) groups excluding carboxylic acids is 2. The van der Waals surface area contributed by atoms with E-state index in [0.717, 1.165) is 5.56 Å². The van der Waals surface area contributed by atoms with Crippen molar-refractivity contribution in [3.8, 4) is 16.9 Å². The number of benzene rings is 2. The van der Waals surface area contributed by atoms with Gasteiger partial charge in [-0.15, -0.1) is 24.5 Å². The molecule has 0 atom stereocenters. The molecule has 32 heavy (non-hydrogen) atoms. The minimum Gasteiger partial charge on any atom is -0.466 e. The van der Waals surface area contributed by atoms with Gasteiger partial charge in [-0.3, -0.25) is 9.59 Å². The minimum absolute atomic E-state index is 0.256. The number of hydrogen-bond acceptors (Lipinski definition) is 5. The number of rotatable bonds is 8. The monoisotopic (exact) mass is 463 g/mol. The molecule has 2 aromatic carbocycles. The summed E-state index contributed by atoms with van der Waals surface area (Å²) >= 11 is 1.23. The molecule has 0 saturated heterocycles. The summed E-state index contributed by atoms with van der Waals surface area (Å²) in [7, 11) is 0. The number of halogens is 3. The number of esters is 1. The maximum Gasteiger partial charge on any atom is 0.573 e. The van der Waals surface area contributed by atoms with Gasteiger partial charge in [0.2, 0.25) is 0 Å². The van der Waals surface area contributed by atoms with Crippen LogP contribution in [-0.2, 0) is 16.0 Å². The second-order valence-electron chi connectivity index (χ2n) is 6.73. The van der Waals surface area contributed by atoms with E-state index >= 15 is 0 Å². The molecule has 168 valence electrons. The van der Waals surface area contributed by atoms with Gasteiger partial charge in [-0.1, -0.05) is 24.3 Å². The van der Waals surface area contributed by atoms with Crippen LogP contribution in [0.2, 0.25) is 0 Å². The van der Waals surface area contributed by atoms with Gasteiger partial charge in [-0.2, -0.15) is 0 Å². The van der Waals surface area contributed by atoms with Crippen molar-refractivity contribution in [2.24, 2.45) is 0 Å². The van der Waals surface area contributed by atoms with Crippen molar-refractivity contribution in [1.82, 2.24) is 0 Å². The van der Waals surface area contributed by atoms with E-state index in [0.29, 0.717) is 34.7 Å². The van der Waals surface area contributed by atoms with Gasteiger partial charge in [0.1, 0.15) is 5.75 Å². The number of hydrogen-bond donors (Lipinski definition) is 1. The molecule has 3 rings (SSSR count). The van der Waals surface area contributed by atoms with Gasteiger partial charge >= 0.3 is 12.3 Å². The molecule has 1 aromatic heterocycles. The number of alkyl halides is 3. The van der Waals surface area contributed by atoms with E-state index in [4.69, 9.17) is 4.74 Å². The molecule has 0 spiro atoms. The van der Waals surface area contributed by atoms with E-state index in [2.05, 4.69) is 10.1 Å². The molecule has 3 aromatic rings. The van der Waals surface area contributed by atoms with Crippen LogP contribution in [0.25, 0.3) is 11.1 Å². The summed E-state index contributed by atoms with van der Waals surface area (Å²) in [6.07, 6.45) is -3.99. The number of thiophene rings is 1. The first-order chi connectivity index (χ1) is 15.2. The number of aryl methyl sites for hydroxylation is 1. The Morgan fingerprint density at radius 2 is 1.78 bits per heavy atom. The van der Waals surface area contributed by atoms with Crippen molar-refractivity contribution in [2.45, 2.75) is 26.1 Å². The van der Waals surface area contributed by atoms with Crippen LogP contribution < -0.4 is 10.1 Å². The molecule has 1 N–H and O–H groups in total. The maximum absolute atomic E-state index is 12.6. The third kappa shape index (κ3) is 6.84. The van der Waals surface area contributed by atoms with Crippen LogP contribution in [0.5, 0.6) is 5.75 Å². The van der Waals surface area contributed by atoms with Gasteiger partial charge in [0.25, 0.3) is 5.91 Å². The van der Waals surface area contributed by atoms with Crippen molar-refractivity contribution in [1.29, 1.82) is 0 Å². The van der Waals surface area contributed by atoms with E-state index in [9.17, 15) is 22.8 Å². The fraction of sp³-hybridized carbons (Fsp3) is 0.217. The number of amides is 1. The lowest BCUT2D eigenvalue weighted by Gasteiger charge is -2.08. The van der Waals surface area contributed by atoms with Crippen LogP contribution in [0.1, 0.15) is 28.6 Å². The lowest BCUT2D eigenvalue weighted by Crippen LogP contribution is -2.16. The highest BCUT2D eigenvalue weighted by Crippen LogP contribution is 2.29. The van der Waals surface area contributed by atoms with Crippen molar-refractivity contribution >= 4 is 28.9 Å². The van der Waals surface area contributed by atoms with Gasteiger partial charge < -0.3 is 14.8 Å². The standard InChI is InChI=1S/C23H20F3NO4S/c1-2-30-21(28)11-6-15-4-3-5-18(12-15)27-22(29)20-13-17(14-32-20)16-7-9-19(10-8-16)31-23(24,25)26/h3-5,7-10,12-14H,2,6,11H2,1H3,(H,27,29). The van der Waals surface area contributed by atoms with Crippen LogP contribution in [0.4, 0.5) is 18.9 Å². The molecule has 0 saturated carbocycles. The highest BCUT2D eigenvalue weighted by Gasteiger charge is 2.31. The predicted octanol–water partition coefficient (Wildman–Crippen LogP) is 6.06. The summed E-state index contributed by atoms with van der Waals surface area (Å²) in [4.78, 5) is 24.6. The Bertz CT molecular complexity index is 1080. The van der Waals surface area contributed by atoms with E-state index in [1.807, 2.05) is 6.07 Å². The van der Waals surface area contributed by atoms with Gasteiger partial charge in [0.15, 0.2) is 0 Å². The normalized spacial score (nSPS) is 11.1. The maximum atomic E-state index is 12.6. The second kappa shape index (κ2) is 10.3. The van der Waals surface area contributed by atoms with E-state index < -0.39 is 6.36 Å². The Morgan fingerprint density at radius 3 is 2.47 bits per heavy atom. The van der Waals surface area contributed by atoms with Crippen LogP contribution in [0.3, 0.4) is 0 Å². The molecular weight excluding hydrogens is 443 g/mol. The van der Waals surface area contributed by atoms with E-state index in [1.54, 1.807) is 36.6 Å². The molecule has 0 fully saturated rings. The molecule has 0 aliphatic carbocycles. The Labute approximate surface area is 186 Å². The first-order valence-electron chi connectivity index (χ1n) is 9.74. The number of nitrogens with one attached hydrogen (secondary N) is 1. The van der Waals surface area contributed by atoms with Crippen LogP contribution in [0, 0.1) is 0 Å². The molecule has 0 aliphatic rings. The zero-order valence-corrected chi connectivity index (χ0v) is 17.9. The van der Waals surface area contributed by atoms with Gasteiger partial charge in [-0.05, 0) is 65.7 Å². The lowest BCUT2D eigenvalue weighted by atomic mass is 10.1. The quantitative estimate of drug-likeness (QED) is 0.413. The van der Waals surface area contributed by atoms with Crippen molar-refractivity contribution in [3.63, 3.8) is 0 Å². The molecule has 1 heterocycles. The third-order valence-electron chi connectivity index (χ3n) is 4.35. The Kier molecular flexibility index (Phi) is 7.53. The Morgan fingerprint density at radius 1 is 1.03 bits per heavy atom. The average molecular weight is 463 g/mol. The smallest absolute Gasteiger partial charge is 0.466 e. The predicted molar refractivity (Wildman–Crippen MR) is 116 cm³/mol. The Hall–Kier alpha value is -3.33. The van der Waals surface area contributed by atoms with Crippen LogP contribution >= 0.6 is 11.3 Å². The van der Waals surface area contributed by atoms with E-state index in [1.165, 1.54) is 35.6 Å². The lowest BCUT2D eigenvalue weighted by molar-refractivity contribution is -0.274. The summed E-state index contributed by atoms with van der Waals surface area (Å²) in [5.74, 6) is -0.885. The largest absolute Gasteiger partial charge is 0.573 e. The number of carbonyl (C=O) groups is 2. The zero-order chi connectivity index (χ0) is 23.1. The average Bonchev–Trinajstić information content (AvgIpc) is 3.23. The molecule has 0 bridgehead atoms. The number of ether oxygens (including phenoxy) is 2. The summed E-state index contributed by atoms with van der Waals surface area (Å²) in [5.41, 5.74) is 2.86. The highest BCUT2D eigenvalue weighted by molar-refractivity contribution is 7.12. The zero-order valence-electron chi connectivity index (χ0n) is 17.1. The van der Waals surface area contributed by atoms with Gasteiger partial charge in [0, 0.05) is 12.1 Å². The third-order valence-corrected chi connectivity index (χ3v) is 5.28. The molecule has 0 radical (unpaired) electrons. The summed E-state index contributed by atoms with van der Waals surface area (Å²) in [6, 6.07) is 14.3. The fourth-order valence-corrected chi connectivity index (χ4v) is 3.74. The fourth-order valence-electron chi connectivity index (χ4n) is 2.93. The molecule has 9 heteroatoms. The minimum atomic E-state index is -4.74. The van der Waals surface area contributed by atoms with Crippen molar-refractivity contribution in [2.75, 3.05) is 11.9 Å². The topological polar surface area (TPSA) is 64.6 Å². The molecule has 5 nitrogen and oxygen atoms in total. The van der Waals surface area contributed by atoms with E-state index in [-0.39, 0.29) is 24.0 Å². The molecular formula is C23H20F3NO4S. The van der Waals surface area contributed by atoms with Crippen LogP contribution in [-0.4, -0.2) is 24.8 Å². The molecule has 1 amide bonds. The first kappa shape index (κ1) is 23.3. The summed E-state index contributed by atoms with van der Waals surface area (Å²) in [5, 5.41) is 4.58. The van der Waals surface area contributed by atoms with Crippen LogP contribution in [0.15, 0.2) is 60.0 Å². The van der Waals surface area contributed by atoms with Gasteiger partial charge in [-0.25, -0.2) is 0 Å². The molecule has 0 unspecified atom stereocenters. The Balaban J connectivity index is 1.62. The summed E-state index contributed by atoms with van der Waals surface area (Å²) in [6.45, 7) is 2.09. The second-order valence-corrected chi connectivity index (χ2v) is 7.64. The number of anilines is 1. The SMILES string of the molecule is CCOC(=O)CCc1cccc(NC(=O)c2cc(-c3ccc(OC(F)(F)F)cc3)cs2)c1. The van der Waals surface area contributed by atoms with Crippen molar-refractivity contribution < 1.29 is 32.2 Å². The molecule has 0 aliphatic heterocycles. The van der Waals surface area contributed by atoms with Crippen molar-refractivity contribution in [3.05, 3.63) is 70.4 Å².